The third kappa shape index (κ3) is 6.23. The SMILES string of the molecule is C=CCOc1c(I)cc(I)cc1/C=c1\sc2n(c1=O)[C@H](c1ccc(Cl)cc1)C(C(=O)OCC)=C(c1ccccc1)N=2. The number of nitrogens with zero attached hydrogens (tertiary/aromatic N) is 2. The van der Waals surface area contributed by atoms with Crippen LogP contribution in [0.4, 0.5) is 0 Å². The van der Waals surface area contributed by atoms with Gasteiger partial charge in [-0.05, 0) is 88.0 Å². The van der Waals surface area contributed by atoms with Crippen LogP contribution < -0.4 is 19.6 Å². The van der Waals surface area contributed by atoms with Crippen molar-refractivity contribution in [3.63, 3.8) is 0 Å². The fourth-order valence-corrected chi connectivity index (χ4v) is 7.69. The van der Waals surface area contributed by atoms with Crippen LogP contribution in [0.1, 0.15) is 29.7 Å². The minimum absolute atomic E-state index is 0.181. The lowest BCUT2D eigenvalue weighted by Gasteiger charge is -2.26. The van der Waals surface area contributed by atoms with Crippen molar-refractivity contribution >= 4 is 85.9 Å². The van der Waals surface area contributed by atoms with E-state index in [0.29, 0.717) is 38.0 Å². The van der Waals surface area contributed by atoms with Gasteiger partial charge in [0.15, 0.2) is 4.80 Å². The zero-order valence-electron chi connectivity index (χ0n) is 21.8. The maximum absolute atomic E-state index is 14.2. The number of fused-ring (bicyclic) bond motifs is 1. The van der Waals surface area contributed by atoms with Crippen LogP contribution in [0, 0.1) is 7.14 Å². The molecule has 0 N–H and O–H groups in total. The van der Waals surface area contributed by atoms with Crippen molar-refractivity contribution in [2.45, 2.75) is 13.0 Å². The monoisotopic (exact) mass is 808 g/mol. The van der Waals surface area contributed by atoms with Crippen molar-refractivity contribution < 1.29 is 14.3 Å². The van der Waals surface area contributed by atoms with Crippen molar-refractivity contribution in [2.75, 3.05) is 13.2 Å². The van der Waals surface area contributed by atoms with Crippen molar-refractivity contribution in [3.05, 3.63) is 133 Å². The van der Waals surface area contributed by atoms with Gasteiger partial charge in [0.2, 0.25) is 0 Å². The molecule has 2 heterocycles. The van der Waals surface area contributed by atoms with Gasteiger partial charge in [-0.15, -0.1) is 0 Å². The van der Waals surface area contributed by atoms with Gasteiger partial charge < -0.3 is 9.47 Å². The van der Waals surface area contributed by atoms with Gasteiger partial charge in [-0.1, -0.05) is 78.1 Å². The lowest BCUT2D eigenvalue weighted by Crippen LogP contribution is -2.40. The highest BCUT2D eigenvalue weighted by atomic mass is 127. The molecule has 0 aliphatic carbocycles. The van der Waals surface area contributed by atoms with E-state index < -0.39 is 12.0 Å². The van der Waals surface area contributed by atoms with E-state index in [1.54, 1.807) is 29.7 Å². The second-order valence-electron chi connectivity index (χ2n) is 8.89. The van der Waals surface area contributed by atoms with Crippen molar-refractivity contribution in [2.24, 2.45) is 4.99 Å². The Morgan fingerprint density at radius 3 is 2.56 bits per heavy atom. The summed E-state index contributed by atoms with van der Waals surface area (Å²) in [5.74, 6) is 0.139. The van der Waals surface area contributed by atoms with E-state index in [1.807, 2.05) is 60.7 Å². The summed E-state index contributed by atoms with van der Waals surface area (Å²) in [6.07, 6.45) is 3.50. The summed E-state index contributed by atoms with van der Waals surface area (Å²) in [4.78, 5) is 33.1. The molecule has 0 spiro atoms. The summed E-state index contributed by atoms with van der Waals surface area (Å²) >= 11 is 12.0. The van der Waals surface area contributed by atoms with Crippen molar-refractivity contribution in [3.8, 4) is 5.75 Å². The molecule has 3 aromatic carbocycles. The Morgan fingerprint density at radius 2 is 1.88 bits per heavy atom. The number of aromatic nitrogens is 1. The molecule has 4 aromatic rings. The Labute approximate surface area is 273 Å². The van der Waals surface area contributed by atoms with Gasteiger partial charge >= 0.3 is 5.97 Å². The predicted octanol–water partition coefficient (Wildman–Crippen LogP) is 6.36. The highest BCUT2D eigenvalue weighted by molar-refractivity contribution is 14.1. The van der Waals surface area contributed by atoms with Crippen LogP contribution in [-0.2, 0) is 9.53 Å². The molecular weight excluding hydrogens is 786 g/mol. The van der Waals surface area contributed by atoms with Gasteiger partial charge in [0.1, 0.15) is 12.4 Å². The summed E-state index contributed by atoms with van der Waals surface area (Å²) < 4.78 is 15.4. The van der Waals surface area contributed by atoms with Crippen LogP contribution in [0.25, 0.3) is 11.8 Å². The number of carbonyl (C=O) groups excluding carboxylic acids is 1. The molecule has 0 amide bonds. The van der Waals surface area contributed by atoms with Gasteiger partial charge in [0, 0.05) is 19.7 Å². The molecule has 6 nitrogen and oxygen atoms in total. The van der Waals surface area contributed by atoms with E-state index in [9.17, 15) is 9.59 Å². The molecule has 0 fully saturated rings. The molecule has 0 bridgehead atoms. The van der Waals surface area contributed by atoms with Crippen LogP contribution in [0.5, 0.6) is 5.75 Å². The highest BCUT2D eigenvalue weighted by Crippen LogP contribution is 2.35. The normalized spacial score (nSPS) is 14.8. The Balaban J connectivity index is 1.82. The molecule has 1 aliphatic heterocycles. The Kier molecular flexibility index (Phi) is 9.47. The topological polar surface area (TPSA) is 69.9 Å². The fraction of sp³-hybridized carbons (Fsp3) is 0.129. The Bertz CT molecular complexity index is 1850. The number of carbonyl (C=O) groups is 1. The first kappa shape index (κ1) is 29.7. The quantitative estimate of drug-likeness (QED) is 0.118. The molecule has 208 valence electrons. The van der Waals surface area contributed by atoms with Crippen LogP contribution in [0.2, 0.25) is 5.02 Å². The van der Waals surface area contributed by atoms with Crippen molar-refractivity contribution in [1.29, 1.82) is 0 Å². The van der Waals surface area contributed by atoms with Gasteiger partial charge in [-0.3, -0.25) is 9.36 Å². The molecule has 10 heteroatoms. The van der Waals surface area contributed by atoms with E-state index in [1.165, 1.54) is 11.3 Å². The Morgan fingerprint density at radius 1 is 1.15 bits per heavy atom. The number of ether oxygens (including phenoxy) is 2. The van der Waals surface area contributed by atoms with Crippen LogP contribution in [0.15, 0.2) is 94.7 Å². The molecule has 1 aliphatic rings. The number of halogens is 3. The summed E-state index contributed by atoms with van der Waals surface area (Å²) in [5.41, 5.74) is 2.72. The number of thiazole rings is 1. The van der Waals surface area contributed by atoms with Crippen LogP contribution >= 0.6 is 68.1 Å². The lowest BCUT2D eigenvalue weighted by atomic mass is 9.93. The first-order valence-electron chi connectivity index (χ1n) is 12.6. The minimum atomic E-state index is -0.771. The number of hydrogen-bond acceptors (Lipinski definition) is 6. The molecule has 41 heavy (non-hydrogen) atoms. The molecule has 1 atom stereocenters. The van der Waals surface area contributed by atoms with Gasteiger partial charge in [-0.2, -0.15) is 0 Å². The van der Waals surface area contributed by atoms with Gasteiger partial charge in [0.25, 0.3) is 5.56 Å². The average Bonchev–Trinajstić information content (AvgIpc) is 3.27. The van der Waals surface area contributed by atoms with Crippen LogP contribution in [-0.4, -0.2) is 23.8 Å². The average molecular weight is 809 g/mol. The first-order valence-corrected chi connectivity index (χ1v) is 15.9. The number of esters is 1. The molecular formula is C31H23ClI2N2O4S. The maximum atomic E-state index is 14.2. The summed E-state index contributed by atoms with van der Waals surface area (Å²) in [5, 5.41) is 0.548. The number of hydrogen-bond donors (Lipinski definition) is 0. The zero-order chi connectivity index (χ0) is 29.1. The van der Waals surface area contributed by atoms with Gasteiger partial charge in [-0.25, -0.2) is 9.79 Å². The number of rotatable bonds is 8. The summed E-state index contributed by atoms with van der Waals surface area (Å²) in [6.45, 7) is 6.02. The van der Waals surface area contributed by atoms with Gasteiger partial charge in [0.05, 0.1) is 32.0 Å². The Hall–Kier alpha value is -2.74. The number of benzene rings is 3. The maximum Gasteiger partial charge on any atom is 0.338 e. The standard InChI is InChI=1S/C31H23ClI2N2O4S/c1-3-14-40-28-20(15-22(33)17-23(28)34)16-24-29(37)36-27(19-10-12-21(32)13-11-19)25(30(38)39-4-2)26(35-31(36)41-24)18-8-6-5-7-9-18/h3,5-13,15-17,27H,1,4,14H2,2H3/b24-16-/t27-/m1/s1. The van der Waals surface area contributed by atoms with E-state index in [4.69, 9.17) is 26.1 Å². The minimum Gasteiger partial charge on any atom is -0.488 e. The van der Waals surface area contributed by atoms with E-state index in [0.717, 1.165) is 18.3 Å². The first-order chi connectivity index (χ1) is 19.8. The van der Waals surface area contributed by atoms with Crippen molar-refractivity contribution in [1.82, 2.24) is 4.57 Å². The zero-order valence-corrected chi connectivity index (χ0v) is 27.7. The molecule has 0 saturated carbocycles. The second kappa shape index (κ2) is 13.1. The summed E-state index contributed by atoms with van der Waals surface area (Å²) in [6, 6.07) is 19.8. The lowest BCUT2D eigenvalue weighted by molar-refractivity contribution is -0.138. The van der Waals surface area contributed by atoms with E-state index in [-0.39, 0.29) is 17.7 Å². The molecule has 0 unspecified atom stereocenters. The predicted molar refractivity (Wildman–Crippen MR) is 180 cm³/mol. The van der Waals surface area contributed by atoms with Crippen LogP contribution in [0.3, 0.4) is 0 Å². The smallest absolute Gasteiger partial charge is 0.338 e. The van der Waals surface area contributed by atoms with E-state index >= 15 is 0 Å². The highest BCUT2D eigenvalue weighted by Gasteiger charge is 2.35. The van der Waals surface area contributed by atoms with E-state index in [2.05, 4.69) is 51.8 Å². The molecule has 0 radical (unpaired) electrons. The molecule has 1 aromatic heterocycles. The largest absolute Gasteiger partial charge is 0.488 e. The summed E-state index contributed by atoms with van der Waals surface area (Å²) in [7, 11) is 0. The third-order valence-electron chi connectivity index (χ3n) is 6.23. The molecule has 5 rings (SSSR count). The third-order valence-corrected chi connectivity index (χ3v) is 8.89. The fourth-order valence-electron chi connectivity index (χ4n) is 4.52. The molecule has 0 saturated heterocycles. The second-order valence-corrected chi connectivity index (χ2v) is 12.7.